The molecule has 1 amide bonds. The van der Waals surface area contributed by atoms with E-state index in [1.165, 1.54) is 24.3 Å². The Kier molecular flexibility index (Phi) is 3.71. The number of benzene rings is 2. The Morgan fingerprint density at radius 3 is 2.58 bits per heavy atom. The monoisotopic (exact) mass is 324 g/mol. The van der Waals surface area contributed by atoms with Crippen LogP contribution in [0.1, 0.15) is 10.4 Å². The van der Waals surface area contributed by atoms with Crippen LogP contribution in [0.5, 0.6) is 11.5 Å². The molecule has 98 valence electrons. The van der Waals surface area contributed by atoms with E-state index in [0.717, 1.165) is 0 Å². The van der Waals surface area contributed by atoms with Gasteiger partial charge in [0.05, 0.1) is 11.3 Å². The molecule has 0 aliphatic carbocycles. The quantitative estimate of drug-likeness (QED) is 0.851. The number of para-hydroxylation sites is 1. The molecule has 0 aliphatic heterocycles. The Hall–Kier alpha value is -2.08. The summed E-state index contributed by atoms with van der Waals surface area (Å²) in [4.78, 5) is 11.1. The number of rotatable bonds is 3. The first-order valence-corrected chi connectivity index (χ1v) is 6.09. The van der Waals surface area contributed by atoms with Crippen molar-refractivity contribution >= 4 is 27.5 Å². The van der Waals surface area contributed by atoms with Crippen LogP contribution in [0.4, 0.5) is 10.1 Å². The standard InChI is InChI=1S/C13H10BrFN2O2/c14-7-4-5-10(9(15)6-7)19-11-3-1-2-8(12(11)16)13(17)18/h1-6H,16H2,(H2,17,18). The summed E-state index contributed by atoms with van der Waals surface area (Å²) in [6, 6.07) is 8.92. The predicted molar refractivity (Wildman–Crippen MR) is 73.5 cm³/mol. The van der Waals surface area contributed by atoms with E-state index in [2.05, 4.69) is 15.9 Å². The van der Waals surface area contributed by atoms with Gasteiger partial charge in [-0.25, -0.2) is 4.39 Å². The van der Waals surface area contributed by atoms with E-state index in [4.69, 9.17) is 16.2 Å². The molecule has 0 bridgehead atoms. The van der Waals surface area contributed by atoms with Crippen molar-refractivity contribution < 1.29 is 13.9 Å². The van der Waals surface area contributed by atoms with Crippen LogP contribution in [0.2, 0.25) is 0 Å². The van der Waals surface area contributed by atoms with Crippen molar-refractivity contribution in [1.82, 2.24) is 0 Å². The summed E-state index contributed by atoms with van der Waals surface area (Å²) in [6.07, 6.45) is 0. The number of hydrogen-bond donors (Lipinski definition) is 2. The highest BCUT2D eigenvalue weighted by Gasteiger charge is 2.12. The molecule has 6 heteroatoms. The molecule has 0 saturated heterocycles. The predicted octanol–water partition coefficient (Wildman–Crippen LogP) is 3.06. The molecule has 0 aliphatic rings. The third kappa shape index (κ3) is 2.85. The van der Waals surface area contributed by atoms with Gasteiger partial charge >= 0.3 is 0 Å². The van der Waals surface area contributed by atoms with Gasteiger partial charge < -0.3 is 16.2 Å². The smallest absolute Gasteiger partial charge is 0.250 e. The minimum absolute atomic E-state index is 0.0107. The van der Waals surface area contributed by atoms with Crippen LogP contribution in [0, 0.1) is 5.82 Å². The molecule has 2 rings (SSSR count). The Morgan fingerprint density at radius 1 is 1.21 bits per heavy atom. The van der Waals surface area contributed by atoms with Gasteiger partial charge in [-0.1, -0.05) is 22.0 Å². The zero-order chi connectivity index (χ0) is 14.0. The molecular formula is C13H10BrFN2O2. The van der Waals surface area contributed by atoms with Crippen LogP contribution in [0.15, 0.2) is 40.9 Å². The van der Waals surface area contributed by atoms with Gasteiger partial charge in [-0.3, -0.25) is 4.79 Å². The molecule has 4 N–H and O–H groups in total. The van der Waals surface area contributed by atoms with Crippen molar-refractivity contribution in [3.05, 3.63) is 52.3 Å². The molecule has 0 fully saturated rings. The van der Waals surface area contributed by atoms with Crippen LogP contribution in [-0.4, -0.2) is 5.91 Å². The van der Waals surface area contributed by atoms with Crippen molar-refractivity contribution in [2.45, 2.75) is 0 Å². The SMILES string of the molecule is NC(=O)c1cccc(Oc2ccc(Br)cc2F)c1N. The first-order chi connectivity index (χ1) is 8.99. The van der Waals surface area contributed by atoms with Gasteiger partial charge in [0.15, 0.2) is 17.3 Å². The number of hydrogen-bond acceptors (Lipinski definition) is 3. The van der Waals surface area contributed by atoms with E-state index in [1.54, 1.807) is 12.1 Å². The molecule has 0 atom stereocenters. The zero-order valence-electron chi connectivity index (χ0n) is 9.69. The summed E-state index contributed by atoms with van der Waals surface area (Å²) < 4.78 is 19.6. The second-order valence-corrected chi connectivity index (χ2v) is 4.67. The third-order valence-corrected chi connectivity index (χ3v) is 2.94. The second kappa shape index (κ2) is 5.27. The average Bonchev–Trinajstić information content (AvgIpc) is 2.34. The summed E-state index contributed by atoms with van der Waals surface area (Å²) in [5.74, 6) is -1.02. The average molecular weight is 325 g/mol. The van der Waals surface area contributed by atoms with E-state index in [9.17, 15) is 9.18 Å². The van der Waals surface area contributed by atoms with Gasteiger partial charge in [-0.15, -0.1) is 0 Å². The molecule has 0 spiro atoms. The second-order valence-electron chi connectivity index (χ2n) is 3.76. The van der Waals surface area contributed by atoms with Crippen molar-refractivity contribution in [2.24, 2.45) is 5.73 Å². The lowest BCUT2D eigenvalue weighted by molar-refractivity contribution is 0.100. The van der Waals surface area contributed by atoms with Crippen LogP contribution in [0.25, 0.3) is 0 Å². The van der Waals surface area contributed by atoms with Gasteiger partial charge in [0, 0.05) is 4.47 Å². The van der Waals surface area contributed by atoms with Gasteiger partial charge in [0.2, 0.25) is 0 Å². The summed E-state index contributed by atoms with van der Waals surface area (Å²) in [5, 5.41) is 0. The first-order valence-electron chi connectivity index (χ1n) is 5.30. The fourth-order valence-electron chi connectivity index (χ4n) is 1.52. The number of nitrogens with two attached hydrogens (primary N) is 2. The van der Waals surface area contributed by atoms with Gasteiger partial charge in [0.25, 0.3) is 5.91 Å². The lowest BCUT2D eigenvalue weighted by atomic mass is 10.1. The Balaban J connectivity index is 2.38. The van der Waals surface area contributed by atoms with E-state index in [0.29, 0.717) is 4.47 Å². The van der Waals surface area contributed by atoms with Crippen LogP contribution < -0.4 is 16.2 Å². The van der Waals surface area contributed by atoms with Crippen molar-refractivity contribution in [2.75, 3.05) is 5.73 Å². The maximum atomic E-state index is 13.6. The number of primary amides is 1. The number of anilines is 1. The molecule has 0 heterocycles. The van der Waals surface area contributed by atoms with Crippen molar-refractivity contribution in [3.8, 4) is 11.5 Å². The minimum Gasteiger partial charge on any atom is -0.452 e. The maximum Gasteiger partial charge on any atom is 0.250 e. The van der Waals surface area contributed by atoms with Crippen LogP contribution in [-0.2, 0) is 0 Å². The summed E-state index contributed by atoms with van der Waals surface area (Å²) >= 11 is 3.15. The summed E-state index contributed by atoms with van der Waals surface area (Å²) in [5.41, 5.74) is 11.1. The largest absolute Gasteiger partial charge is 0.452 e. The first kappa shape index (κ1) is 13.4. The van der Waals surface area contributed by atoms with Gasteiger partial charge in [-0.05, 0) is 30.3 Å². The van der Waals surface area contributed by atoms with Crippen LogP contribution in [0.3, 0.4) is 0 Å². The maximum absolute atomic E-state index is 13.6. The lowest BCUT2D eigenvalue weighted by Gasteiger charge is -2.11. The number of halogens is 2. The minimum atomic E-state index is -0.667. The van der Waals surface area contributed by atoms with Gasteiger partial charge in [0.1, 0.15) is 0 Å². The molecule has 2 aromatic carbocycles. The molecule has 0 unspecified atom stereocenters. The van der Waals surface area contributed by atoms with E-state index in [1.807, 2.05) is 0 Å². The third-order valence-electron chi connectivity index (χ3n) is 2.45. The lowest BCUT2D eigenvalue weighted by Crippen LogP contribution is -2.13. The molecule has 19 heavy (non-hydrogen) atoms. The van der Waals surface area contributed by atoms with E-state index >= 15 is 0 Å². The Labute approximate surface area is 117 Å². The van der Waals surface area contributed by atoms with Gasteiger partial charge in [-0.2, -0.15) is 0 Å². The molecule has 2 aromatic rings. The number of ether oxygens (including phenoxy) is 1. The van der Waals surface area contributed by atoms with E-state index in [-0.39, 0.29) is 22.7 Å². The number of amides is 1. The number of nitrogen functional groups attached to an aromatic ring is 1. The topological polar surface area (TPSA) is 78.3 Å². The highest BCUT2D eigenvalue weighted by Crippen LogP contribution is 2.32. The highest BCUT2D eigenvalue weighted by molar-refractivity contribution is 9.10. The molecular weight excluding hydrogens is 315 g/mol. The fraction of sp³-hybridized carbons (Fsp3) is 0. The number of carbonyl (C=O) groups is 1. The summed E-state index contributed by atoms with van der Waals surface area (Å²) in [6.45, 7) is 0. The highest BCUT2D eigenvalue weighted by atomic mass is 79.9. The summed E-state index contributed by atoms with van der Waals surface area (Å²) in [7, 11) is 0. The van der Waals surface area contributed by atoms with Crippen molar-refractivity contribution in [3.63, 3.8) is 0 Å². The van der Waals surface area contributed by atoms with Crippen molar-refractivity contribution in [1.29, 1.82) is 0 Å². The zero-order valence-corrected chi connectivity index (χ0v) is 11.3. The number of carbonyl (C=O) groups excluding carboxylic acids is 1. The molecule has 0 aromatic heterocycles. The fourth-order valence-corrected chi connectivity index (χ4v) is 1.86. The normalized spacial score (nSPS) is 10.2. The van der Waals surface area contributed by atoms with Crippen LogP contribution >= 0.6 is 15.9 Å². The molecule has 0 saturated carbocycles. The Bertz CT molecular complexity index is 647. The molecule has 0 radical (unpaired) electrons. The van der Waals surface area contributed by atoms with E-state index < -0.39 is 11.7 Å². The Morgan fingerprint density at radius 2 is 1.95 bits per heavy atom. The molecule has 4 nitrogen and oxygen atoms in total.